The fourth-order valence-electron chi connectivity index (χ4n) is 3.59. The molecule has 2 amide bonds. The van der Waals surface area contributed by atoms with E-state index in [1.54, 1.807) is 20.3 Å². The van der Waals surface area contributed by atoms with E-state index in [4.69, 9.17) is 9.47 Å². The monoisotopic (exact) mass is 438 g/mol. The first kappa shape index (κ1) is 25.3. The highest BCUT2D eigenvalue weighted by Gasteiger charge is 2.18. The smallest absolute Gasteiger partial charge is 0.322 e. The SMILES string of the molecule is CCCCC/C(=C\c1ccccc1)CN(CC(C)C)C(=O)Nc1ccc(OC)cc1OC. The van der Waals surface area contributed by atoms with Gasteiger partial charge < -0.3 is 19.7 Å². The van der Waals surface area contributed by atoms with Crippen molar-refractivity contribution in [2.24, 2.45) is 5.92 Å². The lowest BCUT2D eigenvalue weighted by molar-refractivity contribution is 0.209. The van der Waals surface area contributed by atoms with Crippen LogP contribution in [0.25, 0.3) is 6.08 Å². The quantitative estimate of drug-likeness (QED) is 0.368. The normalized spacial score (nSPS) is 11.4. The number of amides is 2. The molecule has 0 aromatic heterocycles. The largest absolute Gasteiger partial charge is 0.497 e. The Morgan fingerprint density at radius 2 is 1.81 bits per heavy atom. The third-order valence-corrected chi connectivity index (χ3v) is 5.19. The molecule has 32 heavy (non-hydrogen) atoms. The molecule has 174 valence electrons. The molecule has 1 N–H and O–H groups in total. The molecule has 5 nitrogen and oxygen atoms in total. The van der Waals surface area contributed by atoms with Gasteiger partial charge in [0.1, 0.15) is 11.5 Å². The summed E-state index contributed by atoms with van der Waals surface area (Å²) in [5, 5.41) is 3.03. The number of nitrogens with zero attached hydrogens (tertiary/aromatic N) is 1. The minimum Gasteiger partial charge on any atom is -0.497 e. The Bertz CT molecular complexity index is 862. The van der Waals surface area contributed by atoms with Crippen LogP contribution in [0.2, 0.25) is 0 Å². The maximum absolute atomic E-state index is 13.3. The van der Waals surface area contributed by atoms with Crippen LogP contribution in [0.3, 0.4) is 0 Å². The third kappa shape index (κ3) is 8.29. The molecule has 0 saturated heterocycles. The van der Waals surface area contributed by atoms with E-state index in [9.17, 15) is 4.79 Å². The number of benzene rings is 2. The predicted octanol–water partition coefficient (Wildman–Crippen LogP) is 6.86. The summed E-state index contributed by atoms with van der Waals surface area (Å²) in [6.07, 6.45) is 6.69. The predicted molar refractivity (Wildman–Crippen MR) is 134 cm³/mol. The van der Waals surface area contributed by atoms with Crippen LogP contribution in [-0.4, -0.2) is 38.2 Å². The molecule has 0 radical (unpaired) electrons. The number of hydrogen-bond donors (Lipinski definition) is 1. The molecule has 0 saturated carbocycles. The second kappa shape index (κ2) is 13.5. The standard InChI is InChI=1S/C27H38N2O3/c1-6-7-9-14-23(17-22-12-10-8-11-13-22)20-29(19-21(2)3)27(30)28-25-16-15-24(31-4)18-26(25)32-5/h8,10-13,15-18,21H,6-7,9,14,19-20H2,1-5H3,(H,28,30)/b23-17+. The van der Waals surface area contributed by atoms with Gasteiger partial charge in [-0.2, -0.15) is 0 Å². The molecule has 5 heteroatoms. The van der Waals surface area contributed by atoms with Gasteiger partial charge >= 0.3 is 6.03 Å². The van der Waals surface area contributed by atoms with Crippen LogP contribution >= 0.6 is 0 Å². The van der Waals surface area contributed by atoms with Crippen LogP contribution < -0.4 is 14.8 Å². The maximum Gasteiger partial charge on any atom is 0.322 e. The molecule has 0 aliphatic rings. The lowest BCUT2D eigenvalue weighted by Crippen LogP contribution is -2.39. The Labute approximate surface area is 193 Å². The number of ether oxygens (including phenoxy) is 2. The van der Waals surface area contributed by atoms with Crippen LogP contribution in [0.1, 0.15) is 52.0 Å². The second-order valence-corrected chi connectivity index (χ2v) is 8.44. The summed E-state index contributed by atoms with van der Waals surface area (Å²) in [4.78, 5) is 15.2. The third-order valence-electron chi connectivity index (χ3n) is 5.19. The molecule has 2 aromatic rings. The average Bonchev–Trinajstić information content (AvgIpc) is 2.79. The molecule has 0 atom stereocenters. The summed E-state index contributed by atoms with van der Waals surface area (Å²) in [6.45, 7) is 7.74. The van der Waals surface area contributed by atoms with Gasteiger partial charge in [0.25, 0.3) is 0 Å². The second-order valence-electron chi connectivity index (χ2n) is 8.44. The van der Waals surface area contributed by atoms with E-state index in [0.29, 0.717) is 36.2 Å². The molecule has 0 aliphatic carbocycles. The van der Waals surface area contributed by atoms with Gasteiger partial charge in [-0.25, -0.2) is 4.79 Å². The zero-order chi connectivity index (χ0) is 23.3. The average molecular weight is 439 g/mol. The number of methoxy groups -OCH3 is 2. The molecule has 2 aromatic carbocycles. The van der Waals surface area contributed by atoms with E-state index in [2.05, 4.69) is 44.3 Å². The zero-order valence-corrected chi connectivity index (χ0v) is 20.2. The molecule has 0 heterocycles. The zero-order valence-electron chi connectivity index (χ0n) is 20.2. The molecular weight excluding hydrogens is 400 g/mol. The first-order chi connectivity index (χ1) is 15.5. The van der Waals surface area contributed by atoms with E-state index in [1.165, 1.54) is 24.0 Å². The van der Waals surface area contributed by atoms with Crippen molar-refractivity contribution in [3.63, 3.8) is 0 Å². The van der Waals surface area contributed by atoms with Crippen molar-refractivity contribution in [1.82, 2.24) is 4.90 Å². The van der Waals surface area contributed by atoms with Gasteiger partial charge in [0.15, 0.2) is 0 Å². The van der Waals surface area contributed by atoms with Crippen molar-refractivity contribution >= 4 is 17.8 Å². The summed E-state index contributed by atoms with van der Waals surface area (Å²) < 4.78 is 10.7. The molecule has 0 spiro atoms. The fourth-order valence-corrected chi connectivity index (χ4v) is 3.59. The van der Waals surface area contributed by atoms with E-state index in [-0.39, 0.29) is 6.03 Å². The number of nitrogens with one attached hydrogen (secondary N) is 1. The van der Waals surface area contributed by atoms with Crippen LogP contribution in [-0.2, 0) is 0 Å². The van der Waals surface area contributed by atoms with Crippen LogP contribution in [0.5, 0.6) is 11.5 Å². The lowest BCUT2D eigenvalue weighted by Gasteiger charge is -2.27. The highest BCUT2D eigenvalue weighted by atomic mass is 16.5. The topological polar surface area (TPSA) is 50.8 Å². The number of carbonyl (C=O) groups excluding carboxylic acids is 1. The first-order valence-electron chi connectivity index (χ1n) is 11.5. The van der Waals surface area contributed by atoms with Crippen molar-refractivity contribution in [1.29, 1.82) is 0 Å². The van der Waals surface area contributed by atoms with Gasteiger partial charge in [-0.15, -0.1) is 0 Å². The van der Waals surface area contributed by atoms with Crippen molar-refractivity contribution in [2.45, 2.75) is 46.5 Å². The van der Waals surface area contributed by atoms with Gasteiger partial charge in [0.05, 0.1) is 19.9 Å². The molecule has 0 bridgehead atoms. The number of hydrogen-bond acceptors (Lipinski definition) is 3. The fraction of sp³-hybridized carbons (Fsp3) is 0.444. The van der Waals surface area contributed by atoms with Gasteiger partial charge in [-0.3, -0.25) is 0 Å². The van der Waals surface area contributed by atoms with E-state index in [1.807, 2.05) is 35.2 Å². The van der Waals surface area contributed by atoms with Crippen molar-refractivity contribution < 1.29 is 14.3 Å². The Morgan fingerprint density at radius 3 is 2.44 bits per heavy atom. The van der Waals surface area contributed by atoms with E-state index < -0.39 is 0 Å². The minimum atomic E-state index is -0.128. The highest BCUT2D eigenvalue weighted by Crippen LogP contribution is 2.29. The Kier molecular flexibility index (Phi) is 10.6. The van der Waals surface area contributed by atoms with Crippen LogP contribution in [0.4, 0.5) is 10.5 Å². The lowest BCUT2D eigenvalue weighted by atomic mass is 10.0. The van der Waals surface area contributed by atoms with Crippen LogP contribution in [0, 0.1) is 5.92 Å². The minimum absolute atomic E-state index is 0.128. The summed E-state index contributed by atoms with van der Waals surface area (Å²) in [5.41, 5.74) is 3.06. The van der Waals surface area contributed by atoms with E-state index >= 15 is 0 Å². The van der Waals surface area contributed by atoms with Gasteiger partial charge in [0.2, 0.25) is 0 Å². The number of carbonyl (C=O) groups is 1. The summed E-state index contributed by atoms with van der Waals surface area (Å²) in [7, 11) is 3.20. The van der Waals surface area contributed by atoms with Gasteiger partial charge in [-0.1, -0.05) is 75.6 Å². The first-order valence-corrected chi connectivity index (χ1v) is 11.5. The number of rotatable bonds is 12. The van der Waals surface area contributed by atoms with Crippen molar-refractivity contribution in [3.8, 4) is 11.5 Å². The van der Waals surface area contributed by atoms with Gasteiger partial charge in [0, 0.05) is 19.2 Å². The van der Waals surface area contributed by atoms with Gasteiger partial charge in [-0.05, 0) is 36.5 Å². The summed E-state index contributed by atoms with van der Waals surface area (Å²) in [5.74, 6) is 1.61. The number of unbranched alkanes of at least 4 members (excludes halogenated alkanes) is 2. The molecule has 2 rings (SSSR count). The Balaban J connectivity index is 2.24. The van der Waals surface area contributed by atoms with E-state index in [0.717, 1.165) is 12.8 Å². The highest BCUT2D eigenvalue weighted by molar-refractivity contribution is 5.91. The summed E-state index contributed by atoms with van der Waals surface area (Å²) in [6, 6.07) is 15.6. The number of urea groups is 1. The molecule has 0 fully saturated rings. The summed E-state index contributed by atoms with van der Waals surface area (Å²) >= 11 is 0. The van der Waals surface area contributed by atoms with Crippen LogP contribution in [0.15, 0.2) is 54.1 Å². The Hall–Kier alpha value is -2.95. The molecular formula is C27H38N2O3. The van der Waals surface area contributed by atoms with Crippen molar-refractivity contribution in [3.05, 3.63) is 59.7 Å². The maximum atomic E-state index is 13.3. The van der Waals surface area contributed by atoms with Crippen molar-refractivity contribution in [2.75, 3.05) is 32.6 Å². The number of anilines is 1. The molecule has 0 unspecified atom stereocenters. The molecule has 0 aliphatic heterocycles. The Morgan fingerprint density at radius 1 is 1.06 bits per heavy atom.